The normalized spacial score (nSPS) is 14.2. The highest BCUT2D eigenvalue weighted by atomic mass is 35.5. The number of rotatable bonds is 12. The number of hydrogen-bond acceptors (Lipinski definition) is 9. The maximum absolute atomic E-state index is 13.2. The Bertz CT molecular complexity index is 1440. The quantitative estimate of drug-likeness (QED) is 0.218. The third kappa shape index (κ3) is 6.79. The Morgan fingerprint density at radius 2 is 1.88 bits per heavy atom. The molecule has 1 N–H and O–H groups in total. The Morgan fingerprint density at radius 1 is 1.12 bits per heavy atom. The molecule has 0 radical (unpaired) electrons. The first-order valence-corrected chi connectivity index (χ1v) is 14.7. The van der Waals surface area contributed by atoms with Gasteiger partial charge in [0.05, 0.1) is 19.3 Å². The fraction of sp³-hybridized carbons (Fsp3) is 0.379. The lowest BCUT2D eigenvalue weighted by Gasteiger charge is -2.28. The van der Waals surface area contributed by atoms with E-state index < -0.39 is 12.0 Å². The molecule has 2 heterocycles. The number of thioether (sulfide) groups is 1. The summed E-state index contributed by atoms with van der Waals surface area (Å²) in [6.45, 7) is 8.73. The number of nitrogens with zero attached hydrogens (tertiary/aromatic N) is 4. The number of nitrogens with one attached hydrogen (secondary N) is 1. The first-order chi connectivity index (χ1) is 19.8. The average molecular weight is 600 g/mol. The number of ether oxygens (including phenoxy) is 3. The summed E-state index contributed by atoms with van der Waals surface area (Å²) in [6, 6.07) is 12.3. The number of hydrogen-bond donors (Lipinski definition) is 1. The average Bonchev–Trinajstić information content (AvgIpc) is 3.37. The van der Waals surface area contributed by atoms with Crippen LogP contribution in [0, 0.1) is 0 Å². The molecule has 41 heavy (non-hydrogen) atoms. The number of halogens is 1. The zero-order chi connectivity index (χ0) is 29.5. The number of amides is 1. The molecule has 0 saturated carbocycles. The third-order valence-corrected chi connectivity index (χ3v) is 7.87. The molecule has 1 aliphatic rings. The van der Waals surface area contributed by atoms with E-state index in [9.17, 15) is 9.59 Å². The Morgan fingerprint density at radius 3 is 2.56 bits per heavy atom. The number of carbonyl (C=O) groups is 2. The van der Waals surface area contributed by atoms with Gasteiger partial charge in [-0.3, -0.25) is 4.79 Å². The summed E-state index contributed by atoms with van der Waals surface area (Å²) in [5, 5.41) is 9.16. The summed E-state index contributed by atoms with van der Waals surface area (Å²) >= 11 is 7.78. The van der Waals surface area contributed by atoms with Gasteiger partial charge in [0.1, 0.15) is 6.04 Å². The number of aromatic nitrogens is 3. The van der Waals surface area contributed by atoms with Crippen LogP contribution in [0.4, 0.5) is 5.95 Å². The molecule has 1 amide bonds. The molecular weight excluding hydrogens is 566 g/mol. The number of anilines is 1. The summed E-state index contributed by atoms with van der Waals surface area (Å²) in [5.74, 6) is 1.33. The van der Waals surface area contributed by atoms with Crippen LogP contribution in [-0.4, -0.2) is 65.0 Å². The van der Waals surface area contributed by atoms with Crippen molar-refractivity contribution in [1.82, 2.24) is 19.7 Å². The van der Waals surface area contributed by atoms with Crippen molar-refractivity contribution in [3.8, 4) is 11.5 Å². The van der Waals surface area contributed by atoms with Crippen LogP contribution in [0.1, 0.15) is 44.9 Å². The molecule has 0 saturated heterocycles. The van der Waals surface area contributed by atoms with E-state index in [1.165, 1.54) is 18.9 Å². The van der Waals surface area contributed by atoms with E-state index in [2.05, 4.69) is 10.3 Å². The first kappa shape index (κ1) is 30.3. The van der Waals surface area contributed by atoms with Gasteiger partial charge in [-0.25, -0.2) is 9.48 Å². The molecule has 12 heteroatoms. The molecule has 4 rings (SSSR count). The monoisotopic (exact) mass is 599 g/mol. The lowest BCUT2D eigenvalue weighted by molar-refractivity contribution is -0.139. The molecule has 0 fully saturated rings. The zero-order valence-corrected chi connectivity index (χ0v) is 25.3. The van der Waals surface area contributed by atoms with Crippen molar-refractivity contribution in [3.05, 3.63) is 69.9 Å². The van der Waals surface area contributed by atoms with Crippen molar-refractivity contribution in [2.75, 3.05) is 38.7 Å². The van der Waals surface area contributed by atoms with Gasteiger partial charge < -0.3 is 24.4 Å². The maximum Gasteiger partial charge on any atom is 0.338 e. The van der Waals surface area contributed by atoms with Crippen molar-refractivity contribution < 1.29 is 23.8 Å². The highest BCUT2D eigenvalue weighted by Gasteiger charge is 2.35. The van der Waals surface area contributed by atoms with Crippen molar-refractivity contribution >= 4 is 41.2 Å². The lowest BCUT2D eigenvalue weighted by Crippen LogP contribution is -2.34. The molecule has 2 aromatic carbocycles. The van der Waals surface area contributed by atoms with Gasteiger partial charge in [-0.15, -0.1) is 5.10 Å². The van der Waals surface area contributed by atoms with Gasteiger partial charge in [0.15, 0.2) is 18.1 Å². The van der Waals surface area contributed by atoms with E-state index in [4.69, 9.17) is 30.9 Å². The number of esters is 1. The van der Waals surface area contributed by atoms with E-state index in [0.29, 0.717) is 63.3 Å². The molecule has 1 aromatic heterocycles. The predicted molar refractivity (Wildman–Crippen MR) is 159 cm³/mol. The van der Waals surface area contributed by atoms with E-state index >= 15 is 0 Å². The first-order valence-electron chi connectivity index (χ1n) is 13.4. The number of methoxy groups -OCH3 is 1. The summed E-state index contributed by atoms with van der Waals surface area (Å²) in [6.07, 6.45) is 0. The smallest absolute Gasteiger partial charge is 0.338 e. The standard InChI is InChI=1S/C29H34ClN5O5S/c1-6-34(7-2)24(36)16-40-22-14-13-19(15-23(22)38-5)26-25(27(37)39-8-3)18(4)31-28-32-29(33-35(26)28)41-17-20-11-9-10-12-21(20)30/h9-15,26H,6-8,16-17H2,1-5H3,(H,31,32,33). The van der Waals surface area contributed by atoms with Crippen LogP contribution in [0.15, 0.2) is 58.9 Å². The molecule has 0 spiro atoms. The maximum atomic E-state index is 13.2. The fourth-order valence-corrected chi connectivity index (χ4v) is 5.63. The Labute approximate surface area is 249 Å². The zero-order valence-electron chi connectivity index (χ0n) is 23.8. The van der Waals surface area contributed by atoms with Gasteiger partial charge in [0.25, 0.3) is 5.91 Å². The molecule has 3 aromatic rings. The molecule has 218 valence electrons. The lowest BCUT2D eigenvalue weighted by atomic mass is 9.95. The number of fused-ring (bicyclic) bond motifs is 1. The second-order valence-electron chi connectivity index (χ2n) is 9.09. The van der Waals surface area contributed by atoms with Crippen LogP contribution in [0.2, 0.25) is 5.02 Å². The third-order valence-electron chi connectivity index (χ3n) is 6.61. The second-order valence-corrected chi connectivity index (χ2v) is 10.4. The van der Waals surface area contributed by atoms with Gasteiger partial charge in [0.2, 0.25) is 11.1 Å². The largest absolute Gasteiger partial charge is 0.493 e. The Kier molecular flexibility index (Phi) is 10.2. The van der Waals surface area contributed by atoms with Crippen molar-refractivity contribution in [2.45, 2.75) is 44.6 Å². The van der Waals surface area contributed by atoms with Crippen LogP contribution in [0.3, 0.4) is 0 Å². The highest BCUT2D eigenvalue weighted by molar-refractivity contribution is 7.98. The highest BCUT2D eigenvalue weighted by Crippen LogP contribution is 2.40. The van der Waals surface area contributed by atoms with E-state index in [1.807, 2.05) is 51.1 Å². The minimum Gasteiger partial charge on any atom is -0.493 e. The predicted octanol–water partition coefficient (Wildman–Crippen LogP) is 5.33. The SMILES string of the molecule is CCOC(=O)C1=C(C)Nc2nc(SCc3ccccc3Cl)nn2C1c1ccc(OCC(=O)N(CC)CC)c(OC)c1. The summed E-state index contributed by atoms with van der Waals surface area (Å²) in [5.41, 5.74) is 2.69. The van der Waals surface area contributed by atoms with Gasteiger partial charge in [-0.2, -0.15) is 4.98 Å². The molecule has 0 aliphatic carbocycles. The molecule has 1 aliphatic heterocycles. The Balaban J connectivity index is 1.67. The van der Waals surface area contributed by atoms with Crippen molar-refractivity contribution in [2.24, 2.45) is 0 Å². The summed E-state index contributed by atoms with van der Waals surface area (Å²) in [7, 11) is 1.53. The molecule has 1 atom stereocenters. The van der Waals surface area contributed by atoms with Crippen molar-refractivity contribution in [1.29, 1.82) is 0 Å². The number of carbonyl (C=O) groups excluding carboxylic acids is 2. The topological polar surface area (TPSA) is 108 Å². The van der Waals surface area contributed by atoms with E-state index in [0.717, 1.165) is 5.56 Å². The van der Waals surface area contributed by atoms with Crippen LogP contribution in [0.25, 0.3) is 0 Å². The number of allylic oxidation sites excluding steroid dienone is 1. The molecular formula is C29H34ClN5O5S. The summed E-state index contributed by atoms with van der Waals surface area (Å²) < 4.78 is 18.5. The van der Waals surface area contributed by atoms with Gasteiger partial charge >= 0.3 is 5.97 Å². The van der Waals surface area contributed by atoms with Crippen LogP contribution < -0.4 is 14.8 Å². The van der Waals surface area contributed by atoms with E-state index in [1.54, 1.807) is 28.6 Å². The minimum absolute atomic E-state index is 0.114. The summed E-state index contributed by atoms with van der Waals surface area (Å²) in [4.78, 5) is 32.0. The number of likely N-dealkylation sites (N-methyl/N-ethyl adjacent to an activating group) is 1. The molecule has 10 nitrogen and oxygen atoms in total. The van der Waals surface area contributed by atoms with Gasteiger partial charge in [0, 0.05) is 29.6 Å². The van der Waals surface area contributed by atoms with Gasteiger partial charge in [-0.1, -0.05) is 47.6 Å². The van der Waals surface area contributed by atoms with Crippen molar-refractivity contribution in [3.63, 3.8) is 0 Å². The van der Waals surface area contributed by atoms with Crippen LogP contribution in [-0.2, 0) is 20.1 Å². The van der Waals surface area contributed by atoms with E-state index in [-0.39, 0.29) is 19.1 Å². The number of benzene rings is 2. The second kappa shape index (κ2) is 13.8. The Hall–Kier alpha value is -3.70. The minimum atomic E-state index is -0.646. The van der Waals surface area contributed by atoms with Gasteiger partial charge in [-0.05, 0) is 57.0 Å². The fourth-order valence-electron chi connectivity index (χ4n) is 4.51. The molecule has 0 bridgehead atoms. The van der Waals surface area contributed by atoms with Crippen LogP contribution in [0.5, 0.6) is 11.5 Å². The molecule has 1 unspecified atom stereocenters. The van der Waals surface area contributed by atoms with Crippen LogP contribution >= 0.6 is 23.4 Å².